The molecule has 2 aromatic heterocycles. The number of carbonyl (C=O) groups excluding carboxylic acids is 1. The van der Waals surface area contributed by atoms with Gasteiger partial charge in [0, 0.05) is 18.2 Å². The van der Waals surface area contributed by atoms with Crippen LogP contribution < -0.4 is 0 Å². The van der Waals surface area contributed by atoms with Gasteiger partial charge in [0.15, 0.2) is 11.4 Å². The number of aromatic nitrogens is 3. The number of nitrogens with zero attached hydrogens (tertiary/aromatic N) is 3. The van der Waals surface area contributed by atoms with E-state index >= 15 is 0 Å². The van der Waals surface area contributed by atoms with Crippen LogP contribution in [-0.4, -0.2) is 20.4 Å². The van der Waals surface area contributed by atoms with E-state index in [1.165, 1.54) is 11.1 Å². The van der Waals surface area contributed by atoms with Gasteiger partial charge in [-0.2, -0.15) is 5.10 Å². The monoisotopic (exact) mass is 395 g/mol. The first kappa shape index (κ1) is 18.7. The standard InChI is InChI=1S/C26H25N3O/c1-16(2)18-9-11-19(12-10-18)21-13-23-22(24(30)14-21)15-27-26-25(17(3)28-29(23)26)20-7-5-4-6-8-20/h4-12,15-16,21H,13-14H2,1-3H3. The topological polar surface area (TPSA) is 47.3 Å². The Morgan fingerprint density at radius 2 is 1.73 bits per heavy atom. The van der Waals surface area contributed by atoms with E-state index in [1.807, 2.05) is 29.6 Å². The Kier molecular flexibility index (Phi) is 4.50. The summed E-state index contributed by atoms with van der Waals surface area (Å²) in [6.07, 6.45) is 3.06. The Morgan fingerprint density at radius 3 is 2.43 bits per heavy atom. The number of hydrogen-bond donors (Lipinski definition) is 0. The molecule has 0 saturated carbocycles. The van der Waals surface area contributed by atoms with Crippen LogP contribution in [0.4, 0.5) is 0 Å². The third kappa shape index (κ3) is 3.04. The molecule has 0 saturated heterocycles. The van der Waals surface area contributed by atoms with Crippen LogP contribution >= 0.6 is 0 Å². The number of benzene rings is 2. The van der Waals surface area contributed by atoms with Crippen molar-refractivity contribution < 1.29 is 4.79 Å². The molecule has 4 nitrogen and oxygen atoms in total. The van der Waals surface area contributed by atoms with Gasteiger partial charge in [0.25, 0.3) is 0 Å². The summed E-state index contributed by atoms with van der Waals surface area (Å²) >= 11 is 0. The minimum absolute atomic E-state index is 0.151. The molecule has 150 valence electrons. The Labute approximate surface area is 176 Å². The van der Waals surface area contributed by atoms with E-state index in [-0.39, 0.29) is 11.7 Å². The largest absolute Gasteiger partial charge is 0.294 e. The summed E-state index contributed by atoms with van der Waals surface area (Å²) in [6, 6.07) is 19.0. The second-order valence-electron chi connectivity index (χ2n) is 8.53. The molecule has 5 rings (SSSR count). The summed E-state index contributed by atoms with van der Waals surface area (Å²) in [6.45, 7) is 6.41. The molecule has 0 fully saturated rings. The zero-order valence-electron chi connectivity index (χ0n) is 17.6. The van der Waals surface area contributed by atoms with Crippen molar-refractivity contribution in [2.75, 3.05) is 0 Å². The minimum Gasteiger partial charge on any atom is -0.294 e. The second kappa shape index (κ2) is 7.21. The van der Waals surface area contributed by atoms with Crippen molar-refractivity contribution in [1.82, 2.24) is 14.6 Å². The lowest BCUT2D eigenvalue weighted by molar-refractivity contribution is 0.0962. The first-order valence-electron chi connectivity index (χ1n) is 10.6. The van der Waals surface area contributed by atoms with E-state index in [0.717, 1.165) is 34.6 Å². The van der Waals surface area contributed by atoms with E-state index in [4.69, 9.17) is 5.10 Å². The van der Waals surface area contributed by atoms with E-state index < -0.39 is 0 Å². The van der Waals surface area contributed by atoms with Crippen LogP contribution in [0.1, 0.15) is 65.0 Å². The SMILES string of the molecule is Cc1nn2c3c(cnc2c1-c1ccccc1)C(=O)CC(c1ccc(C(C)C)cc1)C3. The molecule has 0 amide bonds. The quantitative estimate of drug-likeness (QED) is 0.444. The highest BCUT2D eigenvalue weighted by molar-refractivity contribution is 5.99. The molecule has 2 aromatic carbocycles. The van der Waals surface area contributed by atoms with Gasteiger partial charge in [-0.25, -0.2) is 9.50 Å². The van der Waals surface area contributed by atoms with Crippen molar-refractivity contribution in [3.8, 4) is 11.1 Å². The molecule has 1 atom stereocenters. The van der Waals surface area contributed by atoms with Crippen molar-refractivity contribution in [3.63, 3.8) is 0 Å². The van der Waals surface area contributed by atoms with Crippen LogP contribution in [0.25, 0.3) is 16.8 Å². The van der Waals surface area contributed by atoms with Gasteiger partial charge >= 0.3 is 0 Å². The third-order valence-electron chi connectivity index (χ3n) is 6.23. The van der Waals surface area contributed by atoms with Crippen molar-refractivity contribution in [2.24, 2.45) is 0 Å². The summed E-state index contributed by atoms with van der Waals surface area (Å²) < 4.78 is 1.90. The van der Waals surface area contributed by atoms with Crippen LogP contribution in [0.5, 0.6) is 0 Å². The third-order valence-corrected chi connectivity index (χ3v) is 6.23. The summed E-state index contributed by atoms with van der Waals surface area (Å²) in [5.74, 6) is 0.821. The zero-order chi connectivity index (χ0) is 20.8. The van der Waals surface area contributed by atoms with Gasteiger partial charge in [0.05, 0.1) is 17.0 Å². The number of rotatable bonds is 3. The Bertz CT molecular complexity index is 1240. The fraction of sp³-hybridized carbons (Fsp3) is 0.269. The molecule has 0 spiro atoms. The molecule has 30 heavy (non-hydrogen) atoms. The number of carbonyl (C=O) groups is 1. The van der Waals surface area contributed by atoms with E-state index in [9.17, 15) is 4.79 Å². The van der Waals surface area contributed by atoms with Gasteiger partial charge in [-0.15, -0.1) is 0 Å². The summed E-state index contributed by atoms with van der Waals surface area (Å²) in [4.78, 5) is 17.6. The van der Waals surface area contributed by atoms with Gasteiger partial charge in [-0.05, 0) is 41.9 Å². The van der Waals surface area contributed by atoms with Gasteiger partial charge in [0.2, 0.25) is 0 Å². The fourth-order valence-corrected chi connectivity index (χ4v) is 4.54. The molecular formula is C26H25N3O. The lowest BCUT2D eigenvalue weighted by atomic mass is 9.81. The van der Waals surface area contributed by atoms with Crippen LogP contribution in [0.2, 0.25) is 0 Å². The number of ketones is 1. The average molecular weight is 396 g/mol. The number of hydrogen-bond acceptors (Lipinski definition) is 3. The van der Waals surface area contributed by atoms with Gasteiger partial charge in [-0.3, -0.25) is 4.79 Å². The molecule has 1 aliphatic rings. The molecular weight excluding hydrogens is 370 g/mol. The maximum Gasteiger partial charge on any atom is 0.166 e. The smallest absolute Gasteiger partial charge is 0.166 e. The van der Waals surface area contributed by atoms with E-state index in [2.05, 4.69) is 55.2 Å². The second-order valence-corrected chi connectivity index (χ2v) is 8.53. The maximum absolute atomic E-state index is 13.0. The first-order chi connectivity index (χ1) is 14.5. The normalized spacial score (nSPS) is 16.3. The predicted molar refractivity (Wildman–Crippen MR) is 119 cm³/mol. The number of Topliss-reactive ketones (excluding diaryl/α,β-unsaturated/α-hetero) is 1. The lowest BCUT2D eigenvalue weighted by Crippen LogP contribution is -2.22. The van der Waals surface area contributed by atoms with Crippen molar-refractivity contribution >= 4 is 11.4 Å². The fourth-order valence-electron chi connectivity index (χ4n) is 4.54. The van der Waals surface area contributed by atoms with Crippen LogP contribution in [0.3, 0.4) is 0 Å². The van der Waals surface area contributed by atoms with Gasteiger partial charge < -0.3 is 0 Å². The molecule has 2 heterocycles. The van der Waals surface area contributed by atoms with Crippen molar-refractivity contribution in [3.05, 3.63) is 88.9 Å². The summed E-state index contributed by atoms with van der Waals surface area (Å²) in [7, 11) is 0. The summed E-state index contributed by atoms with van der Waals surface area (Å²) in [5, 5.41) is 4.80. The summed E-state index contributed by atoms with van der Waals surface area (Å²) in [5.41, 5.74) is 8.10. The minimum atomic E-state index is 0.151. The molecule has 0 bridgehead atoms. The van der Waals surface area contributed by atoms with E-state index in [0.29, 0.717) is 17.9 Å². The number of aryl methyl sites for hydroxylation is 1. The molecule has 1 unspecified atom stereocenters. The first-order valence-corrected chi connectivity index (χ1v) is 10.6. The van der Waals surface area contributed by atoms with Crippen molar-refractivity contribution in [1.29, 1.82) is 0 Å². The molecule has 0 radical (unpaired) electrons. The molecule has 1 aliphatic carbocycles. The Morgan fingerprint density at radius 1 is 1.00 bits per heavy atom. The van der Waals surface area contributed by atoms with E-state index in [1.54, 1.807) is 6.20 Å². The highest BCUT2D eigenvalue weighted by atomic mass is 16.1. The highest BCUT2D eigenvalue weighted by Gasteiger charge is 2.30. The molecule has 0 N–H and O–H groups in total. The highest BCUT2D eigenvalue weighted by Crippen LogP contribution is 2.35. The lowest BCUT2D eigenvalue weighted by Gasteiger charge is -2.24. The van der Waals surface area contributed by atoms with Crippen molar-refractivity contribution in [2.45, 2.75) is 45.4 Å². The van der Waals surface area contributed by atoms with Crippen LogP contribution in [-0.2, 0) is 6.42 Å². The number of fused-ring (bicyclic) bond motifs is 3. The molecule has 4 heteroatoms. The van der Waals surface area contributed by atoms with Crippen LogP contribution in [0, 0.1) is 6.92 Å². The maximum atomic E-state index is 13.0. The Balaban J connectivity index is 1.60. The Hall–Kier alpha value is -3.27. The van der Waals surface area contributed by atoms with Crippen LogP contribution in [0.15, 0.2) is 60.8 Å². The molecule has 4 aromatic rings. The average Bonchev–Trinajstić information content (AvgIpc) is 3.10. The van der Waals surface area contributed by atoms with Gasteiger partial charge in [0.1, 0.15) is 0 Å². The predicted octanol–water partition coefficient (Wildman–Crippen LogP) is 5.74. The molecule has 0 aliphatic heterocycles. The zero-order valence-corrected chi connectivity index (χ0v) is 17.6. The van der Waals surface area contributed by atoms with Gasteiger partial charge in [-0.1, -0.05) is 68.4 Å².